The van der Waals surface area contributed by atoms with E-state index in [0.29, 0.717) is 19.0 Å². The first kappa shape index (κ1) is 17.6. The molecule has 0 radical (unpaired) electrons. The average molecular weight is 370 g/mol. The molecule has 1 saturated heterocycles. The second-order valence-electron chi connectivity index (χ2n) is 6.73. The molecule has 1 fully saturated rings. The van der Waals surface area contributed by atoms with Gasteiger partial charge in [0.15, 0.2) is 0 Å². The van der Waals surface area contributed by atoms with Crippen LogP contribution in [0, 0.1) is 5.92 Å². The highest BCUT2D eigenvalue weighted by Gasteiger charge is 2.45. The minimum absolute atomic E-state index is 0.0856. The fourth-order valence-electron chi connectivity index (χ4n) is 3.93. The third-order valence-corrected chi connectivity index (χ3v) is 5.11. The molecule has 9 nitrogen and oxygen atoms in total. The van der Waals surface area contributed by atoms with Crippen LogP contribution in [0.3, 0.4) is 0 Å². The number of aryl methyl sites for hydroxylation is 1. The first-order valence-electron chi connectivity index (χ1n) is 9.03. The van der Waals surface area contributed by atoms with Crippen LogP contribution in [0.15, 0.2) is 24.4 Å². The third kappa shape index (κ3) is 3.08. The molecular weight excluding hydrogens is 348 g/mol. The van der Waals surface area contributed by atoms with Crippen molar-refractivity contribution in [2.75, 3.05) is 18.5 Å². The zero-order chi connectivity index (χ0) is 19.0. The predicted octanol–water partition coefficient (Wildman–Crippen LogP) is 0.564. The van der Waals surface area contributed by atoms with E-state index in [1.54, 1.807) is 24.9 Å². The van der Waals surface area contributed by atoms with Gasteiger partial charge in [0.05, 0.1) is 12.3 Å². The second-order valence-corrected chi connectivity index (χ2v) is 6.73. The monoisotopic (exact) mass is 370 g/mol. The highest BCUT2D eigenvalue weighted by Crippen LogP contribution is 2.44. The number of carbonyl (C=O) groups is 2. The van der Waals surface area contributed by atoms with Gasteiger partial charge in [0.25, 0.3) is 0 Å². The van der Waals surface area contributed by atoms with Crippen molar-refractivity contribution in [3.63, 3.8) is 0 Å². The van der Waals surface area contributed by atoms with E-state index in [-0.39, 0.29) is 30.1 Å². The molecule has 0 aliphatic carbocycles. The Kier molecular flexibility index (Phi) is 4.63. The number of esters is 1. The molecule has 3 unspecified atom stereocenters. The quantitative estimate of drug-likeness (QED) is 0.675. The highest BCUT2D eigenvalue weighted by molar-refractivity contribution is 5.95. The van der Waals surface area contributed by atoms with Crippen molar-refractivity contribution in [2.24, 2.45) is 13.0 Å². The third-order valence-electron chi connectivity index (χ3n) is 5.11. The predicted molar refractivity (Wildman–Crippen MR) is 97.5 cm³/mol. The number of nitrogens with one attached hydrogen (secondary N) is 3. The van der Waals surface area contributed by atoms with Crippen LogP contribution in [-0.2, 0) is 21.4 Å². The van der Waals surface area contributed by atoms with Gasteiger partial charge < -0.3 is 10.1 Å². The summed E-state index contributed by atoms with van der Waals surface area (Å²) in [7, 11) is 1.79. The molecule has 1 amide bonds. The summed E-state index contributed by atoms with van der Waals surface area (Å²) in [5.74, 6) is -0.0656. The van der Waals surface area contributed by atoms with Gasteiger partial charge in [-0.05, 0) is 19.1 Å². The van der Waals surface area contributed by atoms with E-state index in [1.165, 1.54) is 0 Å². The number of ether oxygens (including phenoxy) is 1. The van der Waals surface area contributed by atoms with Crippen LogP contribution >= 0.6 is 0 Å². The number of anilines is 1. The minimum Gasteiger partial charge on any atom is -0.465 e. The van der Waals surface area contributed by atoms with Crippen LogP contribution in [0.4, 0.5) is 5.82 Å². The summed E-state index contributed by atoms with van der Waals surface area (Å²) in [5, 5.41) is 7.53. The molecule has 4 rings (SSSR count). The average Bonchev–Trinajstić information content (AvgIpc) is 3.28. The normalized spacial score (nSPS) is 24.4. The molecule has 2 aliphatic heterocycles. The lowest BCUT2D eigenvalue weighted by atomic mass is 9.77. The summed E-state index contributed by atoms with van der Waals surface area (Å²) in [6.07, 6.45) is 2.00. The Morgan fingerprint density at radius 2 is 2.26 bits per heavy atom. The summed E-state index contributed by atoms with van der Waals surface area (Å²) in [5.41, 5.74) is 8.43. The summed E-state index contributed by atoms with van der Waals surface area (Å²) in [6, 6.07) is 5.12. The molecule has 0 saturated carbocycles. The van der Waals surface area contributed by atoms with Crippen LogP contribution in [0.25, 0.3) is 11.4 Å². The van der Waals surface area contributed by atoms with Crippen molar-refractivity contribution < 1.29 is 14.3 Å². The van der Waals surface area contributed by atoms with Crippen molar-refractivity contribution in [3.8, 4) is 11.4 Å². The molecule has 3 atom stereocenters. The summed E-state index contributed by atoms with van der Waals surface area (Å²) >= 11 is 0. The van der Waals surface area contributed by atoms with Crippen LogP contribution in [-0.4, -0.2) is 45.8 Å². The van der Waals surface area contributed by atoms with Gasteiger partial charge in [-0.15, -0.1) is 0 Å². The van der Waals surface area contributed by atoms with E-state index in [4.69, 9.17) is 4.74 Å². The van der Waals surface area contributed by atoms with Gasteiger partial charge >= 0.3 is 5.97 Å². The van der Waals surface area contributed by atoms with Crippen molar-refractivity contribution in [1.82, 2.24) is 25.6 Å². The van der Waals surface area contributed by atoms with Gasteiger partial charge in [0.1, 0.15) is 17.6 Å². The number of nitrogens with zero attached hydrogens (tertiary/aromatic N) is 3. The Morgan fingerprint density at radius 3 is 3.00 bits per heavy atom. The van der Waals surface area contributed by atoms with E-state index in [1.807, 2.05) is 18.2 Å². The number of pyridine rings is 1. The van der Waals surface area contributed by atoms with Gasteiger partial charge in [-0.25, -0.2) is 5.43 Å². The molecule has 27 heavy (non-hydrogen) atoms. The van der Waals surface area contributed by atoms with Gasteiger partial charge in [-0.1, -0.05) is 6.07 Å². The van der Waals surface area contributed by atoms with E-state index in [2.05, 4.69) is 26.3 Å². The smallest absolute Gasteiger partial charge is 0.324 e. The summed E-state index contributed by atoms with van der Waals surface area (Å²) < 4.78 is 6.87. The van der Waals surface area contributed by atoms with E-state index in [0.717, 1.165) is 17.0 Å². The lowest BCUT2D eigenvalue weighted by Gasteiger charge is -2.30. The lowest BCUT2D eigenvalue weighted by Crippen LogP contribution is -2.42. The van der Waals surface area contributed by atoms with Crippen LogP contribution in [0.2, 0.25) is 0 Å². The van der Waals surface area contributed by atoms with Gasteiger partial charge in [-0.3, -0.25) is 24.7 Å². The Bertz CT molecular complexity index is 865. The Balaban J connectivity index is 1.78. The zero-order valence-corrected chi connectivity index (χ0v) is 15.2. The number of carbonyl (C=O) groups excluding carboxylic acids is 2. The molecule has 2 aromatic rings. The molecule has 9 heteroatoms. The molecule has 142 valence electrons. The number of hydrazine groups is 1. The zero-order valence-electron chi connectivity index (χ0n) is 15.2. The van der Waals surface area contributed by atoms with Crippen molar-refractivity contribution in [1.29, 1.82) is 0 Å². The molecule has 2 aliphatic rings. The number of rotatable bonds is 4. The van der Waals surface area contributed by atoms with Crippen LogP contribution in [0.5, 0.6) is 0 Å². The van der Waals surface area contributed by atoms with Gasteiger partial charge in [-0.2, -0.15) is 5.10 Å². The lowest BCUT2D eigenvalue weighted by molar-refractivity contribution is -0.146. The summed E-state index contributed by atoms with van der Waals surface area (Å²) in [4.78, 5) is 29.2. The molecule has 0 spiro atoms. The maximum atomic E-state index is 12.4. The number of aromatic nitrogens is 3. The SMILES string of the molecule is CCOC(=O)C1NNCC1C1CC(=O)Nc2c1c(-c1ccccn1)nn2C. The van der Waals surface area contributed by atoms with E-state index < -0.39 is 6.04 Å². The maximum Gasteiger partial charge on any atom is 0.324 e. The molecule has 0 aromatic carbocycles. The number of fused-ring (bicyclic) bond motifs is 1. The van der Waals surface area contributed by atoms with Crippen molar-refractivity contribution in [3.05, 3.63) is 30.0 Å². The van der Waals surface area contributed by atoms with Crippen LogP contribution in [0.1, 0.15) is 24.8 Å². The van der Waals surface area contributed by atoms with E-state index in [9.17, 15) is 9.59 Å². The molecule has 4 heterocycles. The molecular formula is C18H22N6O3. The first-order valence-corrected chi connectivity index (χ1v) is 9.03. The first-order chi connectivity index (χ1) is 13.1. The highest BCUT2D eigenvalue weighted by atomic mass is 16.5. The van der Waals surface area contributed by atoms with Crippen LogP contribution < -0.4 is 16.2 Å². The fraction of sp³-hybridized carbons (Fsp3) is 0.444. The Hall–Kier alpha value is -2.78. The van der Waals surface area contributed by atoms with Gasteiger partial charge in [0.2, 0.25) is 5.91 Å². The summed E-state index contributed by atoms with van der Waals surface area (Å²) in [6.45, 7) is 2.64. The topological polar surface area (TPSA) is 110 Å². The molecule has 3 N–H and O–H groups in total. The maximum absolute atomic E-state index is 12.4. The van der Waals surface area contributed by atoms with Crippen molar-refractivity contribution in [2.45, 2.75) is 25.3 Å². The van der Waals surface area contributed by atoms with Gasteiger partial charge in [0, 0.05) is 43.6 Å². The second kappa shape index (κ2) is 7.09. The number of hydrogen-bond donors (Lipinski definition) is 3. The standard InChI is InChI=1S/C18H22N6O3/c1-3-27-18(26)15-11(9-20-22-15)10-8-13(25)21-17-14(10)16(23-24(17)2)12-6-4-5-7-19-12/h4-7,10-11,15,20,22H,3,8-9H2,1-2H3,(H,21,25). The van der Waals surface area contributed by atoms with Crippen molar-refractivity contribution >= 4 is 17.7 Å². The number of amides is 1. The molecule has 0 bridgehead atoms. The number of hydrogen-bond acceptors (Lipinski definition) is 7. The Labute approximate surface area is 156 Å². The Morgan fingerprint density at radius 1 is 1.41 bits per heavy atom. The molecule has 2 aromatic heterocycles. The minimum atomic E-state index is -0.523. The fourth-order valence-corrected chi connectivity index (χ4v) is 3.93. The largest absolute Gasteiger partial charge is 0.465 e. The van der Waals surface area contributed by atoms with E-state index >= 15 is 0 Å².